The standard InChI is InChI=1S/C20H18O8/c1-2-20(28)6-11(23)7-5-8-12(17(25)13(7)19(20)27)18(26)15-10(22)4-3-9(21)14(15)16(8)24/h3-5,11,19,21-23,25,27-28H,2,6H2,1H3/t11-,19+,20+/m1/s1. The van der Waals surface area contributed by atoms with Gasteiger partial charge in [0.1, 0.15) is 23.4 Å². The molecule has 2 aromatic rings. The molecule has 28 heavy (non-hydrogen) atoms. The first kappa shape index (κ1) is 18.4. The monoisotopic (exact) mass is 386 g/mol. The second-order valence-corrected chi connectivity index (χ2v) is 7.24. The Morgan fingerprint density at radius 3 is 2.14 bits per heavy atom. The number of benzene rings is 2. The summed E-state index contributed by atoms with van der Waals surface area (Å²) in [5.74, 6) is -3.51. The Labute approximate surface area is 158 Å². The first-order chi connectivity index (χ1) is 13.1. The number of aliphatic hydroxyl groups excluding tert-OH is 2. The lowest BCUT2D eigenvalue weighted by atomic mass is 9.71. The zero-order valence-electron chi connectivity index (χ0n) is 14.8. The molecule has 0 unspecified atom stereocenters. The fourth-order valence-electron chi connectivity index (χ4n) is 4.14. The fraction of sp³-hybridized carbons (Fsp3) is 0.300. The van der Waals surface area contributed by atoms with Crippen LogP contribution in [0.2, 0.25) is 0 Å². The van der Waals surface area contributed by atoms with Gasteiger partial charge in [0.25, 0.3) is 0 Å². The molecule has 0 heterocycles. The van der Waals surface area contributed by atoms with Crippen LogP contribution in [-0.4, -0.2) is 47.8 Å². The molecule has 2 aromatic carbocycles. The SMILES string of the molecule is CC[C@]1(O)C[C@@H](O)c2cc3c(c(O)c2[C@@H]1O)C(=O)c1c(O)ccc(O)c1C3=O. The number of hydrogen-bond acceptors (Lipinski definition) is 8. The van der Waals surface area contributed by atoms with Gasteiger partial charge in [0, 0.05) is 17.5 Å². The molecule has 8 nitrogen and oxygen atoms in total. The van der Waals surface area contributed by atoms with Crippen LogP contribution in [0.4, 0.5) is 0 Å². The van der Waals surface area contributed by atoms with Gasteiger partial charge in [-0.1, -0.05) is 6.92 Å². The van der Waals surface area contributed by atoms with E-state index in [1.807, 2.05) is 0 Å². The highest BCUT2D eigenvalue weighted by molar-refractivity contribution is 6.31. The van der Waals surface area contributed by atoms with Gasteiger partial charge in [-0.25, -0.2) is 0 Å². The summed E-state index contributed by atoms with van der Waals surface area (Å²) in [6.07, 6.45) is -3.03. The Kier molecular flexibility index (Phi) is 3.80. The molecule has 4 rings (SSSR count). The van der Waals surface area contributed by atoms with Crippen molar-refractivity contribution in [2.75, 3.05) is 0 Å². The van der Waals surface area contributed by atoms with Crippen molar-refractivity contribution in [3.05, 3.63) is 51.6 Å². The third-order valence-electron chi connectivity index (χ3n) is 5.76. The highest BCUT2D eigenvalue weighted by atomic mass is 16.3. The molecule has 2 aliphatic rings. The molecule has 0 fully saturated rings. The van der Waals surface area contributed by atoms with E-state index >= 15 is 0 Å². The topological polar surface area (TPSA) is 156 Å². The molecule has 146 valence electrons. The first-order valence-corrected chi connectivity index (χ1v) is 8.75. The summed E-state index contributed by atoms with van der Waals surface area (Å²) < 4.78 is 0. The number of aliphatic hydroxyl groups is 3. The normalized spacial score (nSPS) is 25.9. The minimum absolute atomic E-state index is 0.0196. The molecule has 8 heteroatoms. The van der Waals surface area contributed by atoms with Crippen molar-refractivity contribution in [2.24, 2.45) is 0 Å². The van der Waals surface area contributed by atoms with Crippen LogP contribution in [0, 0.1) is 0 Å². The van der Waals surface area contributed by atoms with E-state index in [0.717, 1.165) is 12.1 Å². The lowest BCUT2D eigenvalue weighted by Gasteiger charge is -2.41. The number of rotatable bonds is 1. The van der Waals surface area contributed by atoms with Gasteiger partial charge < -0.3 is 30.6 Å². The van der Waals surface area contributed by atoms with Crippen LogP contribution in [-0.2, 0) is 0 Å². The Bertz CT molecular complexity index is 1060. The van der Waals surface area contributed by atoms with E-state index in [2.05, 4.69) is 0 Å². The van der Waals surface area contributed by atoms with E-state index in [4.69, 9.17) is 0 Å². The van der Waals surface area contributed by atoms with Crippen LogP contribution >= 0.6 is 0 Å². The molecule has 0 spiro atoms. The van der Waals surface area contributed by atoms with Crippen LogP contribution in [0.1, 0.15) is 74.9 Å². The van der Waals surface area contributed by atoms with E-state index in [1.54, 1.807) is 6.92 Å². The molecular weight excluding hydrogens is 368 g/mol. The maximum atomic E-state index is 13.0. The van der Waals surface area contributed by atoms with Crippen LogP contribution in [0.25, 0.3) is 0 Å². The molecule has 0 saturated carbocycles. The molecule has 0 aromatic heterocycles. The fourth-order valence-corrected chi connectivity index (χ4v) is 4.14. The van der Waals surface area contributed by atoms with Crippen molar-refractivity contribution in [1.29, 1.82) is 0 Å². The van der Waals surface area contributed by atoms with Crippen molar-refractivity contribution in [2.45, 2.75) is 37.6 Å². The van der Waals surface area contributed by atoms with E-state index in [1.165, 1.54) is 6.07 Å². The highest BCUT2D eigenvalue weighted by Crippen LogP contribution is 2.51. The van der Waals surface area contributed by atoms with Gasteiger partial charge in [-0.15, -0.1) is 0 Å². The van der Waals surface area contributed by atoms with Gasteiger partial charge in [-0.3, -0.25) is 9.59 Å². The van der Waals surface area contributed by atoms with Gasteiger partial charge in [0.2, 0.25) is 5.78 Å². The molecule has 2 aliphatic carbocycles. The average Bonchev–Trinajstić information content (AvgIpc) is 2.65. The van der Waals surface area contributed by atoms with E-state index in [9.17, 15) is 40.2 Å². The molecule has 0 aliphatic heterocycles. The average molecular weight is 386 g/mol. The number of aromatic hydroxyl groups is 3. The first-order valence-electron chi connectivity index (χ1n) is 8.75. The van der Waals surface area contributed by atoms with Gasteiger partial charge in [0.05, 0.1) is 28.4 Å². The summed E-state index contributed by atoms with van der Waals surface area (Å²) >= 11 is 0. The Morgan fingerprint density at radius 1 is 1.00 bits per heavy atom. The van der Waals surface area contributed by atoms with Crippen molar-refractivity contribution < 1.29 is 40.2 Å². The number of phenolic OH excluding ortho intramolecular Hbond substituents is 3. The minimum atomic E-state index is -1.72. The number of carbonyl (C=O) groups excluding carboxylic acids is 2. The van der Waals surface area contributed by atoms with Crippen molar-refractivity contribution >= 4 is 11.6 Å². The lowest BCUT2D eigenvalue weighted by molar-refractivity contribution is -0.117. The summed E-state index contributed by atoms with van der Waals surface area (Å²) in [5, 5.41) is 62.5. The number of phenols is 3. The minimum Gasteiger partial charge on any atom is -0.507 e. The number of ketones is 2. The molecule has 0 amide bonds. The number of fused-ring (bicyclic) bond motifs is 3. The molecule has 6 N–H and O–H groups in total. The van der Waals surface area contributed by atoms with Crippen LogP contribution in [0.5, 0.6) is 17.2 Å². The third-order valence-corrected chi connectivity index (χ3v) is 5.76. The quantitative estimate of drug-likeness (QED) is 0.341. The van der Waals surface area contributed by atoms with E-state index in [0.29, 0.717) is 0 Å². The maximum absolute atomic E-state index is 13.0. The molecule has 3 atom stereocenters. The van der Waals surface area contributed by atoms with Crippen LogP contribution in [0.15, 0.2) is 18.2 Å². The molecule has 0 bridgehead atoms. The van der Waals surface area contributed by atoms with Gasteiger partial charge >= 0.3 is 0 Å². The lowest BCUT2D eigenvalue weighted by Crippen LogP contribution is -2.42. The summed E-state index contributed by atoms with van der Waals surface area (Å²) in [6.45, 7) is 1.60. The summed E-state index contributed by atoms with van der Waals surface area (Å²) in [4.78, 5) is 25.9. The largest absolute Gasteiger partial charge is 0.507 e. The summed E-state index contributed by atoms with van der Waals surface area (Å²) in [6, 6.07) is 3.30. The predicted molar refractivity (Wildman–Crippen MR) is 94.5 cm³/mol. The van der Waals surface area contributed by atoms with Crippen molar-refractivity contribution in [3.63, 3.8) is 0 Å². The predicted octanol–water partition coefficient (Wildman–Crippen LogP) is 1.19. The number of carbonyl (C=O) groups is 2. The smallest absolute Gasteiger partial charge is 0.202 e. The zero-order valence-corrected chi connectivity index (χ0v) is 14.8. The number of hydrogen-bond donors (Lipinski definition) is 6. The van der Waals surface area contributed by atoms with Gasteiger partial charge in [-0.05, 0) is 30.2 Å². The zero-order chi connectivity index (χ0) is 20.5. The van der Waals surface area contributed by atoms with Crippen LogP contribution < -0.4 is 0 Å². The molecule has 0 saturated heterocycles. The molecular formula is C20H18O8. The second kappa shape index (κ2) is 5.78. The second-order valence-electron chi connectivity index (χ2n) is 7.24. The van der Waals surface area contributed by atoms with E-state index < -0.39 is 63.3 Å². The van der Waals surface area contributed by atoms with Crippen molar-refractivity contribution in [3.8, 4) is 17.2 Å². The maximum Gasteiger partial charge on any atom is 0.202 e. The highest BCUT2D eigenvalue weighted by Gasteiger charge is 2.47. The Morgan fingerprint density at radius 2 is 1.57 bits per heavy atom. The Balaban J connectivity index is 2.04. The summed E-state index contributed by atoms with van der Waals surface area (Å²) in [5.41, 5.74) is -3.50. The van der Waals surface area contributed by atoms with E-state index in [-0.39, 0.29) is 29.5 Å². The third kappa shape index (κ3) is 2.16. The van der Waals surface area contributed by atoms with Crippen LogP contribution in [0.3, 0.4) is 0 Å². The van der Waals surface area contributed by atoms with Gasteiger partial charge in [0.15, 0.2) is 5.78 Å². The molecule has 0 radical (unpaired) electrons. The van der Waals surface area contributed by atoms with Crippen molar-refractivity contribution in [1.82, 2.24) is 0 Å². The summed E-state index contributed by atoms with van der Waals surface area (Å²) in [7, 11) is 0. The van der Waals surface area contributed by atoms with Gasteiger partial charge in [-0.2, -0.15) is 0 Å². The Hall–Kier alpha value is -2.94.